The number of hydrogen-bond acceptors (Lipinski definition) is 8. The minimum Gasteiger partial charge on any atom is -0.756 e. The number of unbranched alkanes of at least 4 members (excludes halogenated alkanes) is 23. The molecule has 0 radical (unpaired) electrons. The molecule has 0 rings (SSSR count). The molecule has 9 nitrogen and oxygen atoms in total. The molecule has 2 atom stereocenters. The summed E-state index contributed by atoms with van der Waals surface area (Å²) in [6.07, 6.45) is 62.9. The van der Waals surface area contributed by atoms with Crippen LogP contribution in [0.1, 0.15) is 226 Å². The van der Waals surface area contributed by atoms with Crippen molar-refractivity contribution < 1.29 is 42.1 Å². The summed E-state index contributed by atoms with van der Waals surface area (Å²) in [6.45, 7) is 4.05. The van der Waals surface area contributed by atoms with Crippen molar-refractivity contribution in [3.05, 3.63) is 72.9 Å². The predicted octanol–water partition coefficient (Wildman–Crippen LogP) is 15.9. The number of phosphoric ester groups is 1. The van der Waals surface area contributed by atoms with Crippen LogP contribution < -0.4 is 4.89 Å². The van der Waals surface area contributed by atoms with Crippen LogP contribution in [-0.4, -0.2) is 70.0 Å². The number of carbonyl (C=O) groups excluding carboxylic acids is 2. The summed E-state index contributed by atoms with van der Waals surface area (Å²) in [6, 6.07) is 0. The molecule has 0 amide bonds. The van der Waals surface area contributed by atoms with Gasteiger partial charge in [-0.3, -0.25) is 14.2 Å². The Morgan fingerprint density at radius 1 is 0.478 bits per heavy atom. The maximum Gasteiger partial charge on any atom is 0.306 e. The Kier molecular flexibility index (Phi) is 46.6. The Hall–Kier alpha value is -2.55. The summed E-state index contributed by atoms with van der Waals surface area (Å²) in [5, 5.41) is 0. The van der Waals surface area contributed by atoms with Gasteiger partial charge in [-0.05, 0) is 64.2 Å². The first-order valence-electron chi connectivity index (χ1n) is 27.1. The minimum absolute atomic E-state index is 0.0307. The van der Waals surface area contributed by atoms with Gasteiger partial charge in [0.25, 0.3) is 7.82 Å². The van der Waals surface area contributed by atoms with Crippen molar-refractivity contribution in [1.82, 2.24) is 0 Å². The molecular weight excluding hydrogens is 858 g/mol. The van der Waals surface area contributed by atoms with Crippen LogP contribution in [0.5, 0.6) is 0 Å². The highest BCUT2D eigenvalue weighted by Crippen LogP contribution is 2.38. The number of carbonyl (C=O) groups is 2. The van der Waals surface area contributed by atoms with Crippen molar-refractivity contribution in [2.75, 3.05) is 47.5 Å². The molecule has 0 bridgehead atoms. The molecule has 0 aromatic heterocycles. The van der Waals surface area contributed by atoms with Gasteiger partial charge in [-0.15, -0.1) is 0 Å². The molecule has 388 valence electrons. The van der Waals surface area contributed by atoms with E-state index in [4.69, 9.17) is 18.5 Å². The second-order valence-electron chi connectivity index (χ2n) is 19.2. The lowest BCUT2D eigenvalue weighted by Gasteiger charge is -2.28. The van der Waals surface area contributed by atoms with E-state index in [-0.39, 0.29) is 26.1 Å². The fourth-order valence-corrected chi connectivity index (χ4v) is 8.04. The lowest BCUT2D eigenvalue weighted by Crippen LogP contribution is -2.37. The van der Waals surface area contributed by atoms with Crippen molar-refractivity contribution in [3.63, 3.8) is 0 Å². The molecule has 0 spiro atoms. The quantitative estimate of drug-likeness (QED) is 0.0195. The van der Waals surface area contributed by atoms with E-state index in [2.05, 4.69) is 86.8 Å². The Bertz CT molecular complexity index is 1360. The first-order chi connectivity index (χ1) is 32.5. The zero-order valence-corrected chi connectivity index (χ0v) is 44.7. The second kappa shape index (κ2) is 48.5. The number of quaternary nitrogens is 1. The zero-order valence-electron chi connectivity index (χ0n) is 43.8. The number of esters is 2. The highest BCUT2D eigenvalue weighted by molar-refractivity contribution is 7.45. The predicted molar refractivity (Wildman–Crippen MR) is 282 cm³/mol. The third-order valence-electron chi connectivity index (χ3n) is 11.5. The van der Waals surface area contributed by atoms with Gasteiger partial charge >= 0.3 is 11.9 Å². The molecule has 10 heteroatoms. The first kappa shape index (κ1) is 64.5. The Labute approximate surface area is 412 Å². The maximum atomic E-state index is 12.7. The Balaban J connectivity index is 3.86. The van der Waals surface area contributed by atoms with E-state index in [1.165, 1.54) is 103 Å². The first-order valence-corrected chi connectivity index (χ1v) is 28.6. The highest BCUT2D eigenvalue weighted by atomic mass is 31.2. The normalized spacial score (nSPS) is 13.9. The number of rotatable bonds is 49. The third kappa shape index (κ3) is 52.7. The SMILES string of the molecule is CC/C=C\C/C=C\C/C=C\C/C=C\C/C=C\C/C=C\CCCCCCCCCCCCCCCCCCCCC(=O)OC(COC(=O)CCCCCCCC)COP(=O)([O-])OCC[N+](C)(C)C. The molecule has 2 unspecified atom stereocenters. The average molecular weight is 960 g/mol. The summed E-state index contributed by atoms with van der Waals surface area (Å²) < 4.78 is 33.8. The summed E-state index contributed by atoms with van der Waals surface area (Å²) in [5.74, 6) is -0.840. The maximum absolute atomic E-state index is 12.7. The van der Waals surface area contributed by atoms with E-state index in [1.54, 1.807) is 0 Å². The van der Waals surface area contributed by atoms with Gasteiger partial charge < -0.3 is 27.9 Å². The fourth-order valence-electron chi connectivity index (χ4n) is 7.31. The lowest BCUT2D eigenvalue weighted by molar-refractivity contribution is -0.870. The molecule has 0 N–H and O–H groups in total. The number of likely N-dealkylation sites (N-methyl/N-ethyl adjacent to an activating group) is 1. The van der Waals surface area contributed by atoms with Gasteiger partial charge in [0.2, 0.25) is 0 Å². The summed E-state index contributed by atoms with van der Waals surface area (Å²) in [5.41, 5.74) is 0. The highest BCUT2D eigenvalue weighted by Gasteiger charge is 2.21. The van der Waals surface area contributed by atoms with Gasteiger partial charge in [0.15, 0.2) is 6.10 Å². The monoisotopic (exact) mass is 960 g/mol. The Morgan fingerprint density at radius 2 is 0.851 bits per heavy atom. The van der Waals surface area contributed by atoms with Crippen LogP contribution in [-0.2, 0) is 32.7 Å². The molecule has 0 aliphatic carbocycles. The van der Waals surface area contributed by atoms with Gasteiger partial charge in [0, 0.05) is 12.8 Å². The van der Waals surface area contributed by atoms with E-state index in [1.807, 2.05) is 21.1 Å². The lowest BCUT2D eigenvalue weighted by atomic mass is 10.0. The van der Waals surface area contributed by atoms with Gasteiger partial charge in [-0.25, -0.2) is 0 Å². The molecule has 0 aromatic rings. The number of ether oxygens (including phenoxy) is 2. The van der Waals surface area contributed by atoms with Crippen molar-refractivity contribution in [2.24, 2.45) is 0 Å². The van der Waals surface area contributed by atoms with Crippen LogP contribution in [0.3, 0.4) is 0 Å². The van der Waals surface area contributed by atoms with Crippen LogP contribution in [0.15, 0.2) is 72.9 Å². The molecule has 0 saturated carbocycles. The minimum atomic E-state index is -4.62. The molecule has 0 saturated heterocycles. The standard InChI is InChI=1S/C57H102NO8P/c1-6-8-10-12-14-15-16-17-18-19-20-21-22-23-24-25-26-27-28-29-30-31-32-33-34-35-36-37-38-39-40-41-42-43-44-46-48-50-57(60)66-55(53-63-56(59)49-47-45-13-11-9-7-2)54-65-67(61,62)64-52-51-58(3,4)5/h8,10,14-15,17-18,20-21,23-24,26-27,55H,6-7,9,11-13,16,19,22,25,28-54H2,1-5H3/b10-8-,15-14-,18-17-,21-20-,24-23-,27-26-. The molecular formula is C57H102NO8P. The largest absolute Gasteiger partial charge is 0.756 e. The summed E-state index contributed by atoms with van der Waals surface area (Å²) in [7, 11) is 1.17. The van der Waals surface area contributed by atoms with Gasteiger partial charge in [0.05, 0.1) is 27.7 Å². The van der Waals surface area contributed by atoms with Gasteiger partial charge in [0.1, 0.15) is 19.8 Å². The zero-order chi connectivity index (χ0) is 49.2. The third-order valence-corrected chi connectivity index (χ3v) is 12.5. The van der Waals surface area contributed by atoms with Crippen LogP contribution in [0.4, 0.5) is 0 Å². The average Bonchev–Trinajstić information content (AvgIpc) is 3.29. The molecule has 0 aromatic carbocycles. The topological polar surface area (TPSA) is 111 Å². The van der Waals surface area contributed by atoms with E-state index < -0.39 is 32.5 Å². The van der Waals surface area contributed by atoms with Crippen molar-refractivity contribution in [2.45, 2.75) is 232 Å². The summed E-state index contributed by atoms with van der Waals surface area (Å²) >= 11 is 0. The fraction of sp³-hybridized carbons (Fsp3) is 0.754. The van der Waals surface area contributed by atoms with E-state index in [0.29, 0.717) is 17.4 Å². The van der Waals surface area contributed by atoms with Crippen LogP contribution >= 0.6 is 7.82 Å². The van der Waals surface area contributed by atoms with Crippen molar-refractivity contribution in [3.8, 4) is 0 Å². The van der Waals surface area contributed by atoms with Crippen LogP contribution in [0, 0.1) is 0 Å². The molecule has 0 aliphatic heterocycles. The summed E-state index contributed by atoms with van der Waals surface area (Å²) in [4.78, 5) is 37.4. The van der Waals surface area contributed by atoms with Crippen molar-refractivity contribution in [1.29, 1.82) is 0 Å². The molecule has 0 fully saturated rings. The molecule has 0 aliphatic rings. The number of hydrogen-bond donors (Lipinski definition) is 0. The molecule has 67 heavy (non-hydrogen) atoms. The number of nitrogens with zero attached hydrogens (tertiary/aromatic N) is 1. The smallest absolute Gasteiger partial charge is 0.306 e. The van der Waals surface area contributed by atoms with Gasteiger partial charge in [-0.2, -0.15) is 0 Å². The van der Waals surface area contributed by atoms with Crippen molar-refractivity contribution >= 4 is 19.8 Å². The number of phosphoric acid groups is 1. The van der Waals surface area contributed by atoms with Crippen LogP contribution in [0.2, 0.25) is 0 Å². The van der Waals surface area contributed by atoms with E-state index in [0.717, 1.165) is 89.9 Å². The second-order valence-corrected chi connectivity index (χ2v) is 20.6. The van der Waals surface area contributed by atoms with Gasteiger partial charge in [-0.1, -0.05) is 222 Å². The molecule has 0 heterocycles. The van der Waals surface area contributed by atoms with E-state index in [9.17, 15) is 19.0 Å². The van der Waals surface area contributed by atoms with E-state index >= 15 is 0 Å². The number of allylic oxidation sites excluding steroid dienone is 12. The van der Waals surface area contributed by atoms with Crippen LogP contribution in [0.25, 0.3) is 0 Å². The Morgan fingerprint density at radius 3 is 1.27 bits per heavy atom.